The first kappa shape index (κ1) is 14.8. The Kier molecular flexibility index (Phi) is 3.65. The summed E-state index contributed by atoms with van der Waals surface area (Å²) >= 11 is 6.08. The third kappa shape index (κ3) is 2.76. The largest absolute Gasteiger partial charge is 0.343 e. The van der Waals surface area contributed by atoms with Gasteiger partial charge in [0, 0.05) is 16.1 Å². The number of amidine groups is 1. The Labute approximate surface area is 142 Å². The van der Waals surface area contributed by atoms with Crippen LogP contribution in [0.15, 0.2) is 53.5 Å². The summed E-state index contributed by atoms with van der Waals surface area (Å²) in [6.07, 6.45) is 3.56. The molecule has 2 aromatic rings. The summed E-state index contributed by atoms with van der Waals surface area (Å²) in [4.78, 5) is 4.95. The Morgan fingerprint density at radius 3 is 2.78 bits per heavy atom. The van der Waals surface area contributed by atoms with Crippen LogP contribution in [0.5, 0.6) is 0 Å². The zero-order chi connectivity index (χ0) is 15.9. The minimum absolute atomic E-state index is 0.215. The Balaban J connectivity index is 1.64. The third-order valence-corrected chi connectivity index (χ3v) is 5.32. The number of hydrogen-bond acceptors (Lipinski definition) is 1. The summed E-state index contributed by atoms with van der Waals surface area (Å²) in [5.41, 5.74) is 4.00. The van der Waals surface area contributed by atoms with Crippen LogP contribution in [0.2, 0.25) is 5.02 Å². The van der Waals surface area contributed by atoms with E-state index in [-0.39, 0.29) is 5.41 Å². The van der Waals surface area contributed by atoms with E-state index in [4.69, 9.17) is 16.6 Å². The number of fused-ring (bicyclic) bond motifs is 1. The Bertz CT molecular complexity index is 760. The van der Waals surface area contributed by atoms with Crippen LogP contribution in [0.1, 0.15) is 30.9 Å². The van der Waals surface area contributed by atoms with Crippen molar-refractivity contribution in [3.63, 3.8) is 0 Å². The SMILES string of the molecule is CC1CC2(Cc3ccccc3NC2=NCc2cccc(Cl)c2)C1. The molecule has 2 aliphatic rings. The second-order valence-electron chi connectivity index (χ2n) is 7.05. The van der Waals surface area contributed by atoms with E-state index in [9.17, 15) is 0 Å². The molecule has 1 fully saturated rings. The fourth-order valence-corrected chi connectivity index (χ4v) is 4.34. The lowest BCUT2D eigenvalue weighted by Crippen LogP contribution is -2.50. The van der Waals surface area contributed by atoms with E-state index in [2.05, 4.69) is 42.6 Å². The van der Waals surface area contributed by atoms with E-state index in [0.29, 0.717) is 6.54 Å². The molecule has 1 saturated carbocycles. The van der Waals surface area contributed by atoms with Crippen LogP contribution in [0.4, 0.5) is 5.69 Å². The van der Waals surface area contributed by atoms with Crippen LogP contribution in [-0.4, -0.2) is 5.84 Å². The van der Waals surface area contributed by atoms with Gasteiger partial charge in [-0.3, -0.25) is 4.99 Å². The smallest absolute Gasteiger partial charge is 0.108 e. The number of aliphatic imine (C=N–C) groups is 1. The van der Waals surface area contributed by atoms with Gasteiger partial charge in [-0.1, -0.05) is 48.9 Å². The van der Waals surface area contributed by atoms with Crippen molar-refractivity contribution in [1.29, 1.82) is 0 Å². The predicted octanol–water partition coefficient (Wildman–Crippen LogP) is 5.32. The van der Waals surface area contributed by atoms with Gasteiger partial charge in [0.25, 0.3) is 0 Å². The maximum absolute atomic E-state index is 6.08. The number of halogens is 1. The lowest BCUT2D eigenvalue weighted by Gasteiger charge is -2.50. The van der Waals surface area contributed by atoms with Crippen LogP contribution in [0.25, 0.3) is 0 Å². The first-order valence-corrected chi connectivity index (χ1v) is 8.67. The standard InChI is InChI=1S/C20H21ClN2/c1-14-10-20(11-14)12-16-6-2-3-8-18(16)23-19(20)22-13-15-5-4-7-17(21)9-15/h2-9,14H,10-13H2,1H3,(H,22,23). The zero-order valence-corrected chi connectivity index (χ0v) is 14.1. The van der Waals surface area contributed by atoms with Gasteiger partial charge >= 0.3 is 0 Å². The molecule has 3 heteroatoms. The number of anilines is 1. The lowest BCUT2D eigenvalue weighted by atomic mass is 9.58. The molecule has 4 rings (SSSR count). The molecule has 0 bridgehead atoms. The van der Waals surface area contributed by atoms with Gasteiger partial charge in [-0.15, -0.1) is 0 Å². The van der Waals surface area contributed by atoms with Gasteiger partial charge in [-0.2, -0.15) is 0 Å². The van der Waals surface area contributed by atoms with Gasteiger partial charge in [-0.05, 0) is 54.5 Å². The first-order chi connectivity index (χ1) is 11.1. The molecular weight excluding hydrogens is 304 g/mol. The summed E-state index contributed by atoms with van der Waals surface area (Å²) in [6.45, 7) is 3.02. The molecule has 2 aromatic carbocycles. The van der Waals surface area contributed by atoms with Crippen molar-refractivity contribution in [1.82, 2.24) is 0 Å². The van der Waals surface area contributed by atoms with E-state index < -0.39 is 0 Å². The average molecular weight is 325 g/mol. The third-order valence-electron chi connectivity index (χ3n) is 5.09. The molecule has 118 valence electrons. The molecule has 1 spiro atoms. The maximum atomic E-state index is 6.08. The summed E-state index contributed by atoms with van der Waals surface area (Å²) in [6, 6.07) is 16.6. The second kappa shape index (κ2) is 5.68. The Morgan fingerprint density at radius 1 is 1.17 bits per heavy atom. The predicted molar refractivity (Wildman–Crippen MR) is 97.2 cm³/mol. The molecule has 0 aromatic heterocycles. The number of nitrogens with zero attached hydrogens (tertiary/aromatic N) is 1. The van der Waals surface area contributed by atoms with Crippen LogP contribution in [0.3, 0.4) is 0 Å². The molecule has 1 aliphatic heterocycles. The zero-order valence-electron chi connectivity index (χ0n) is 13.3. The quantitative estimate of drug-likeness (QED) is 0.794. The van der Waals surface area contributed by atoms with E-state index in [1.54, 1.807) is 0 Å². The van der Waals surface area contributed by atoms with Gasteiger partial charge in [0.15, 0.2) is 0 Å². The van der Waals surface area contributed by atoms with E-state index >= 15 is 0 Å². The first-order valence-electron chi connectivity index (χ1n) is 8.29. The van der Waals surface area contributed by atoms with Gasteiger partial charge in [0.2, 0.25) is 0 Å². The van der Waals surface area contributed by atoms with E-state index in [0.717, 1.165) is 28.8 Å². The minimum atomic E-state index is 0.215. The summed E-state index contributed by atoms with van der Waals surface area (Å²) in [5, 5.41) is 4.39. The number of rotatable bonds is 2. The monoisotopic (exact) mass is 324 g/mol. The van der Waals surface area contributed by atoms with Gasteiger partial charge in [0.05, 0.1) is 6.54 Å². The van der Waals surface area contributed by atoms with Crippen LogP contribution in [-0.2, 0) is 13.0 Å². The van der Waals surface area contributed by atoms with Crippen molar-refractivity contribution in [2.75, 3.05) is 5.32 Å². The number of nitrogens with one attached hydrogen (secondary N) is 1. The molecule has 0 atom stereocenters. The van der Waals surface area contributed by atoms with Crippen molar-refractivity contribution in [2.24, 2.45) is 16.3 Å². The highest BCUT2D eigenvalue weighted by atomic mass is 35.5. The van der Waals surface area contributed by atoms with Crippen molar-refractivity contribution in [3.05, 3.63) is 64.7 Å². The van der Waals surface area contributed by atoms with E-state index in [1.807, 2.05) is 18.2 Å². The molecule has 1 N–H and O–H groups in total. The fourth-order valence-electron chi connectivity index (χ4n) is 4.13. The normalized spacial score (nSPS) is 27.4. The van der Waals surface area contributed by atoms with Gasteiger partial charge < -0.3 is 5.32 Å². The maximum Gasteiger partial charge on any atom is 0.108 e. The average Bonchev–Trinajstić information content (AvgIpc) is 2.51. The molecule has 2 nitrogen and oxygen atoms in total. The van der Waals surface area contributed by atoms with Crippen molar-refractivity contribution >= 4 is 23.1 Å². The summed E-state index contributed by atoms with van der Waals surface area (Å²) < 4.78 is 0. The molecule has 0 radical (unpaired) electrons. The lowest BCUT2D eigenvalue weighted by molar-refractivity contribution is 0.143. The Hall–Kier alpha value is -1.80. The van der Waals surface area contributed by atoms with Crippen molar-refractivity contribution < 1.29 is 0 Å². The molecular formula is C20H21ClN2. The van der Waals surface area contributed by atoms with Crippen molar-refractivity contribution in [2.45, 2.75) is 32.7 Å². The molecule has 23 heavy (non-hydrogen) atoms. The molecule has 0 saturated heterocycles. The second-order valence-corrected chi connectivity index (χ2v) is 7.48. The number of benzene rings is 2. The van der Waals surface area contributed by atoms with Crippen molar-refractivity contribution in [3.8, 4) is 0 Å². The highest BCUT2D eigenvalue weighted by molar-refractivity contribution is 6.30. The molecule has 1 aliphatic carbocycles. The fraction of sp³-hybridized carbons (Fsp3) is 0.350. The minimum Gasteiger partial charge on any atom is -0.343 e. The number of para-hydroxylation sites is 1. The van der Waals surface area contributed by atoms with Crippen LogP contribution >= 0.6 is 11.6 Å². The van der Waals surface area contributed by atoms with E-state index in [1.165, 1.54) is 24.1 Å². The highest BCUT2D eigenvalue weighted by Gasteiger charge is 2.48. The summed E-state index contributed by atoms with van der Waals surface area (Å²) in [5.74, 6) is 1.95. The van der Waals surface area contributed by atoms with Crippen LogP contribution in [0, 0.1) is 11.3 Å². The highest BCUT2D eigenvalue weighted by Crippen LogP contribution is 2.51. The number of hydrogen-bond donors (Lipinski definition) is 1. The Morgan fingerprint density at radius 2 is 2.00 bits per heavy atom. The van der Waals surface area contributed by atoms with Crippen LogP contribution < -0.4 is 5.32 Å². The molecule has 0 unspecified atom stereocenters. The molecule has 1 heterocycles. The van der Waals surface area contributed by atoms with Gasteiger partial charge in [-0.25, -0.2) is 0 Å². The van der Waals surface area contributed by atoms with Gasteiger partial charge in [0.1, 0.15) is 5.84 Å². The topological polar surface area (TPSA) is 24.4 Å². The molecule has 0 amide bonds. The summed E-state index contributed by atoms with van der Waals surface area (Å²) in [7, 11) is 0.